The van der Waals surface area contributed by atoms with Crippen molar-refractivity contribution in [1.29, 1.82) is 0 Å². The lowest BCUT2D eigenvalue weighted by molar-refractivity contribution is 0.182. The van der Waals surface area contributed by atoms with Crippen LogP contribution in [0.1, 0.15) is 18.5 Å². The molecule has 0 amide bonds. The molecular weight excluding hydrogens is 290 g/mol. The molecule has 0 bridgehead atoms. The number of ether oxygens (including phenoxy) is 1. The lowest BCUT2D eigenvalue weighted by Gasteiger charge is -2.33. The van der Waals surface area contributed by atoms with Gasteiger partial charge in [0.15, 0.2) is 0 Å². The molecule has 1 N–H and O–H groups in total. The van der Waals surface area contributed by atoms with Gasteiger partial charge >= 0.3 is 0 Å². The highest BCUT2D eigenvalue weighted by atomic mass is 35.5. The van der Waals surface area contributed by atoms with Crippen molar-refractivity contribution >= 4 is 24.8 Å². The molecule has 6 heteroatoms. The zero-order chi connectivity index (χ0) is 12.3. The standard InChI is InChI=1S/C13H19FN2O.2ClH/c1-10(16-7-5-15-6-8-16)12-9-11(14)3-4-13(12)17-2;;/h3-4,9-10,15H,5-8H2,1-2H3;2*1H/t10-;;/m0../s1. The van der Waals surface area contributed by atoms with Gasteiger partial charge in [-0.05, 0) is 25.1 Å². The maximum atomic E-state index is 13.3. The summed E-state index contributed by atoms with van der Waals surface area (Å²) < 4.78 is 18.6. The summed E-state index contributed by atoms with van der Waals surface area (Å²) in [6, 6.07) is 4.89. The molecular formula is C13H21Cl2FN2O. The fourth-order valence-corrected chi connectivity index (χ4v) is 2.30. The van der Waals surface area contributed by atoms with Crippen molar-refractivity contribution in [3.63, 3.8) is 0 Å². The maximum Gasteiger partial charge on any atom is 0.123 e. The summed E-state index contributed by atoms with van der Waals surface area (Å²) in [6.07, 6.45) is 0. The van der Waals surface area contributed by atoms with Crippen LogP contribution in [0.15, 0.2) is 18.2 Å². The Bertz CT molecular complexity index is 387. The molecule has 0 aliphatic carbocycles. The molecule has 0 unspecified atom stereocenters. The molecule has 1 aromatic carbocycles. The number of hydrogen-bond donors (Lipinski definition) is 1. The van der Waals surface area contributed by atoms with E-state index in [1.54, 1.807) is 19.2 Å². The van der Waals surface area contributed by atoms with Crippen molar-refractivity contribution in [2.24, 2.45) is 0 Å². The van der Waals surface area contributed by atoms with Crippen molar-refractivity contribution in [1.82, 2.24) is 10.2 Å². The van der Waals surface area contributed by atoms with E-state index in [0.29, 0.717) is 0 Å². The Morgan fingerprint density at radius 2 is 1.89 bits per heavy atom. The number of nitrogens with one attached hydrogen (secondary N) is 1. The molecule has 1 aliphatic heterocycles. The molecule has 1 heterocycles. The monoisotopic (exact) mass is 310 g/mol. The van der Waals surface area contributed by atoms with E-state index in [-0.39, 0.29) is 36.7 Å². The normalized spacial score (nSPS) is 17.0. The molecule has 1 aliphatic rings. The van der Waals surface area contributed by atoms with E-state index < -0.39 is 0 Å². The second-order valence-corrected chi connectivity index (χ2v) is 4.35. The fourth-order valence-electron chi connectivity index (χ4n) is 2.30. The molecule has 110 valence electrons. The minimum atomic E-state index is -0.206. The van der Waals surface area contributed by atoms with Crippen LogP contribution in [0.5, 0.6) is 5.75 Å². The molecule has 19 heavy (non-hydrogen) atoms. The SMILES string of the molecule is COc1ccc(F)cc1[C@H](C)N1CCNCC1.Cl.Cl. The van der Waals surface area contributed by atoms with Gasteiger partial charge in [-0.15, -0.1) is 24.8 Å². The summed E-state index contributed by atoms with van der Waals surface area (Å²) in [5.41, 5.74) is 0.925. The number of rotatable bonds is 3. The number of piperazine rings is 1. The molecule has 0 radical (unpaired) electrons. The van der Waals surface area contributed by atoms with E-state index in [1.165, 1.54) is 6.07 Å². The van der Waals surface area contributed by atoms with Gasteiger partial charge in [0.05, 0.1) is 7.11 Å². The number of hydrogen-bond acceptors (Lipinski definition) is 3. The van der Waals surface area contributed by atoms with E-state index in [4.69, 9.17) is 4.74 Å². The van der Waals surface area contributed by atoms with Crippen molar-refractivity contribution in [2.75, 3.05) is 33.3 Å². The van der Waals surface area contributed by atoms with Crippen molar-refractivity contribution in [2.45, 2.75) is 13.0 Å². The molecule has 1 fully saturated rings. The zero-order valence-corrected chi connectivity index (χ0v) is 12.8. The minimum absolute atomic E-state index is 0. The Balaban J connectivity index is 0.00000162. The number of halogens is 3. The van der Waals surface area contributed by atoms with E-state index in [0.717, 1.165) is 37.5 Å². The Labute approximate surface area is 126 Å². The highest BCUT2D eigenvalue weighted by Crippen LogP contribution is 2.29. The summed E-state index contributed by atoms with van der Waals surface area (Å²) in [4.78, 5) is 2.34. The number of methoxy groups -OCH3 is 1. The molecule has 1 saturated heterocycles. The smallest absolute Gasteiger partial charge is 0.123 e. The second-order valence-electron chi connectivity index (χ2n) is 4.35. The third-order valence-electron chi connectivity index (χ3n) is 3.34. The van der Waals surface area contributed by atoms with E-state index in [9.17, 15) is 4.39 Å². The average Bonchev–Trinajstić information content (AvgIpc) is 2.39. The van der Waals surface area contributed by atoms with Gasteiger partial charge in [0.1, 0.15) is 11.6 Å². The molecule has 2 rings (SSSR count). The quantitative estimate of drug-likeness (QED) is 0.929. The van der Waals surface area contributed by atoms with Gasteiger partial charge in [0, 0.05) is 37.8 Å². The van der Waals surface area contributed by atoms with Crippen molar-refractivity contribution < 1.29 is 9.13 Å². The summed E-state index contributed by atoms with van der Waals surface area (Å²) >= 11 is 0. The zero-order valence-electron chi connectivity index (χ0n) is 11.2. The fraction of sp³-hybridized carbons (Fsp3) is 0.538. The molecule has 1 atom stereocenters. The first-order valence-corrected chi connectivity index (χ1v) is 6.00. The van der Waals surface area contributed by atoms with Crippen LogP contribution >= 0.6 is 24.8 Å². The molecule has 0 spiro atoms. The second kappa shape index (κ2) is 8.59. The van der Waals surface area contributed by atoms with Gasteiger partial charge in [-0.25, -0.2) is 4.39 Å². The highest BCUT2D eigenvalue weighted by Gasteiger charge is 2.21. The van der Waals surface area contributed by atoms with Crippen molar-refractivity contribution in [3.05, 3.63) is 29.6 Å². The predicted octanol–water partition coefficient (Wildman–Crippen LogP) is 2.64. The van der Waals surface area contributed by atoms with Gasteiger partial charge in [0.2, 0.25) is 0 Å². The van der Waals surface area contributed by atoms with E-state index in [2.05, 4.69) is 17.1 Å². The number of benzene rings is 1. The van der Waals surface area contributed by atoms with Crippen LogP contribution in [0, 0.1) is 5.82 Å². The lowest BCUT2D eigenvalue weighted by Crippen LogP contribution is -2.44. The van der Waals surface area contributed by atoms with E-state index >= 15 is 0 Å². The largest absolute Gasteiger partial charge is 0.496 e. The summed E-state index contributed by atoms with van der Waals surface area (Å²) in [6.45, 7) is 6.05. The van der Waals surface area contributed by atoms with Crippen LogP contribution in [0.4, 0.5) is 4.39 Å². The number of nitrogens with zero attached hydrogens (tertiary/aromatic N) is 1. The van der Waals surface area contributed by atoms with Crippen molar-refractivity contribution in [3.8, 4) is 5.75 Å². The van der Waals surface area contributed by atoms with Gasteiger partial charge < -0.3 is 10.1 Å². The van der Waals surface area contributed by atoms with E-state index in [1.807, 2.05) is 0 Å². The third-order valence-corrected chi connectivity index (χ3v) is 3.34. The highest BCUT2D eigenvalue weighted by molar-refractivity contribution is 5.85. The van der Waals surface area contributed by atoms with Crippen LogP contribution in [0.25, 0.3) is 0 Å². The summed E-state index contributed by atoms with van der Waals surface area (Å²) in [7, 11) is 1.63. The van der Waals surface area contributed by atoms with Gasteiger partial charge in [-0.2, -0.15) is 0 Å². The van der Waals surface area contributed by atoms with Gasteiger partial charge in [-0.3, -0.25) is 4.90 Å². The van der Waals surface area contributed by atoms with Crippen LogP contribution in [0.3, 0.4) is 0 Å². The average molecular weight is 311 g/mol. The Morgan fingerprint density at radius 1 is 1.26 bits per heavy atom. The topological polar surface area (TPSA) is 24.5 Å². The van der Waals surface area contributed by atoms with Crippen LogP contribution < -0.4 is 10.1 Å². The van der Waals surface area contributed by atoms with Crippen LogP contribution in [-0.2, 0) is 0 Å². The molecule has 1 aromatic rings. The summed E-state index contributed by atoms with van der Waals surface area (Å²) in [5, 5.41) is 3.31. The Morgan fingerprint density at radius 3 is 2.47 bits per heavy atom. The maximum absolute atomic E-state index is 13.3. The van der Waals surface area contributed by atoms with Gasteiger partial charge in [-0.1, -0.05) is 0 Å². The Hall–Kier alpha value is -0.550. The third kappa shape index (κ3) is 4.49. The first kappa shape index (κ1) is 18.4. The first-order valence-electron chi connectivity index (χ1n) is 6.00. The molecule has 0 aromatic heterocycles. The Kier molecular flexibility index (Phi) is 8.34. The minimum Gasteiger partial charge on any atom is -0.496 e. The molecule has 0 saturated carbocycles. The lowest BCUT2D eigenvalue weighted by atomic mass is 10.0. The first-order chi connectivity index (χ1) is 8.22. The summed E-state index contributed by atoms with van der Waals surface area (Å²) in [5.74, 6) is 0.556. The van der Waals surface area contributed by atoms with Crippen LogP contribution in [-0.4, -0.2) is 38.2 Å². The van der Waals surface area contributed by atoms with Gasteiger partial charge in [0.25, 0.3) is 0 Å². The van der Waals surface area contributed by atoms with Crippen LogP contribution in [0.2, 0.25) is 0 Å². The predicted molar refractivity (Wildman–Crippen MR) is 80.3 cm³/mol. The molecule has 3 nitrogen and oxygen atoms in total.